The van der Waals surface area contributed by atoms with Crippen LogP contribution in [0.2, 0.25) is 0 Å². The van der Waals surface area contributed by atoms with Crippen LogP contribution in [0.5, 0.6) is 0 Å². The Kier molecular flexibility index (Phi) is 3.88. The molecule has 1 aliphatic heterocycles. The Balaban J connectivity index is 0.000000122. The maximum atomic E-state index is 11.2. The summed E-state index contributed by atoms with van der Waals surface area (Å²) in [5, 5.41) is 0. The lowest BCUT2D eigenvalue weighted by Gasteiger charge is -2.22. The minimum Gasteiger partial charge on any atom is -0.348 e. The number of ketones is 3. The highest BCUT2D eigenvalue weighted by Crippen LogP contribution is 2.50. The molecule has 0 aromatic rings. The van der Waals surface area contributed by atoms with Crippen LogP contribution in [0.25, 0.3) is 0 Å². The van der Waals surface area contributed by atoms with Crippen LogP contribution >= 0.6 is 0 Å². The Morgan fingerprint density at radius 1 is 0.609 bits per heavy atom. The fourth-order valence-corrected chi connectivity index (χ4v) is 5.24. The van der Waals surface area contributed by atoms with E-state index in [1.54, 1.807) is 0 Å². The Labute approximate surface area is 136 Å². The van der Waals surface area contributed by atoms with Crippen LogP contribution in [-0.2, 0) is 23.9 Å². The van der Waals surface area contributed by atoms with Crippen molar-refractivity contribution < 1.29 is 23.9 Å². The lowest BCUT2D eigenvalue weighted by Crippen LogP contribution is -2.27. The monoisotopic (exact) mass is 320 g/mol. The third kappa shape index (κ3) is 3.01. The van der Waals surface area contributed by atoms with Gasteiger partial charge in [0.2, 0.25) is 0 Å². The first-order valence-electron chi connectivity index (χ1n) is 8.86. The van der Waals surface area contributed by atoms with E-state index in [4.69, 9.17) is 9.47 Å². The van der Waals surface area contributed by atoms with E-state index >= 15 is 0 Å². The third-order valence-corrected chi connectivity index (χ3v) is 6.23. The lowest BCUT2D eigenvalue weighted by molar-refractivity contribution is -0.156. The molecule has 0 aromatic heterocycles. The van der Waals surface area contributed by atoms with Gasteiger partial charge in [0, 0.05) is 51.4 Å². The zero-order valence-electron chi connectivity index (χ0n) is 13.4. The van der Waals surface area contributed by atoms with Gasteiger partial charge < -0.3 is 9.47 Å². The highest BCUT2D eigenvalue weighted by atomic mass is 16.7. The molecule has 23 heavy (non-hydrogen) atoms. The number of carbonyl (C=O) groups excluding carboxylic acids is 3. The first-order chi connectivity index (χ1) is 11.0. The molecule has 0 radical (unpaired) electrons. The molecule has 2 atom stereocenters. The Morgan fingerprint density at radius 3 is 1.35 bits per heavy atom. The molecular formula is C18H24O5. The second-order valence-corrected chi connectivity index (χ2v) is 7.90. The number of hydrogen-bond donors (Lipinski definition) is 0. The van der Waals surface area contributed by atoms with Gasteiger partial charge in [-0.1, -0.05) is 0 Å². The normalized spacial score (nSPS) is 40.4. The highest BCUT2D eigenvalue weighted by molar-refractivity contribution is 5.88. The average Bonchev–Trinajstić information content (AvgIpc) is 3.21. The van der Waals surface area contributed by atoms with Gasteiger partial charge in [-0.3, -0.25) is 14.4 Å². The first kappa shape index (κ1) is 15.5. The summed E-state index contributed by atoms with van der Waals surface area (Å²) >= 11 is 0. The molecule has 1 heterocycles. The lowest BCUT2D eigenvalue weighted by atomic mass is 10.0. The fraction of sp³-hybridized carbons (Fsp3) is 0.833. The largest absolute Gasteiger partial charge is 0.348 e. The predicted molar refractivity (Wildman–Crippen MR) is 80.6 cm³/mol. The summed E-state index contributed by atoms with van der Waals surface area (Å²) < 4.78 is 11.3. The van der Waals surface area contributed by atoms with Crippen molar-refractivity contribution in [2.24, 2.45) is 23.7 Å². The van der Waals surface area contributed by atoms with E-state index in [1.807, 2.05) is 0 Å². The van der Waals surface area contributed by atoms with Crippen LogP contribution in [-0.4, -0.2) is 36.4 Å². The topological polar surface area (TPSA) is 69.7 Å². The van der Waals surface area contributed by atoms with Crippen molar-refractivity contribution in [3.63, 3.8) is 0 Å². The summed E-state index contributed by atoms with van der Waals surface area (Å²) in [6.45, 7) is 1.46. The van der Waals surface area contributed by atoms with E-state index in [2.05, 4.69) is 0 Å². The fourth-order valence-electron chi connectivity index (χ4n) is 5.24. The zero-order valence-corrected chi connectivity index (χ0v) is 13.4. The Morgan fingerprint density at radius 2 is 0.957 bits per heavy atom. The standard InChI is InChI=1S/C10H14O3.C8H10O2/c11-9-3-7-5-10(6-8(7)4-9)12-1-2-13-10;9-7-1-5-2-8(10)4-6(5)3-7/h7-8H,1-6H2;5-6H,1-4H2/t7-,8+;5-,6+. The predicted octanol–water partition coefficient (Wildman–Crippen LogP) is 2.06. The molecule has 1 saturated heterocycles. The number of carbonyl (C=O) groups is 3. The summed E-state index contributed by atoms with van der Waals surface area (Å²) in [6.07, 6.45) is 6.13. The van der Waals surface area contributed by atoms with Gasteiger partial charge in [-0.2, -0.15) is 0 Å². The van der Waals surface area contributed by atoms with Crippen LogP contribution in [0.15, 0.2) is 0 Å². The minimum absolute atomic E-state index is 0.282. The molecule has 0 unspecified atom stereocenters. The average molecular weight is 320 g/mol. The molecule has 5 rings (SSSR count). The molecule has 0 amide bonds. The molecule has 1 spiro atoms. The third-order valence-electron chi connectivity index (χ3n) is 6.23. The molecule has 0 bridgehead atoms. The van der Waals surface area contributed by atoms with Crippen LogP contribution < -0.4 is 0 Å². The van der Waals surface area contributed by atoms with E-state index < -0.39 is 0 Å². The van der Waals surface area contributed by atoms with Gasteiger partial charge in [-0.15, -0.1) is 0 Å². The maximum absolute atomic E-state index is 11.2. The summed E-state index contributed by atoms with van der Waals surface area (Å²) in [7, 11) is 0. The molecule has 5 fully saturated rings. The summed E-state index contributed by atoms with van der Waals surface area (Å²) in [4.78, 5) is 32.9. The van der Waals surface area contributed by atoms with E-state index in [-0.39, 0.29) is 5.79 Å². The number of hydrogen-bond acceptors (Lipinski definition) is 5. The van der Waals surface area contributed by atoms with Gasteiger partial charge >= 0.3 is 0 Å². The van der Waals surface area contributed by atoms with Gasteiger partial charge in [0.25, 0.3) is 0 Å². The van der Waals surface area contributed by atoms with Crippen molar-refractivity contribution in [1.29, 1.82) is 0 Å². The van der Waals surface area contributed by atoms with Crippen molar-refractivity contribution >= 4 is 17.3 Å². The summed E-state index contributed by atoms with van der Waals surface area (Å²) in [5.41, 5.74) is 0. The Hall–Kier alpha value is -1.07. The van der Waals surface area contributed by atoms with Crippen molar-refractivity contribution in [2.75, 3.05) is 13.2 Å². The molecule has 5 nitrogen and oxygen atoms in total. The van der Waals surface area contributed by atoms with Crippen molar-refractivity contribution in [3.05, 3.63) is 0 Å². The highest BCUT2D eigenvalue weighted by Gasteiger charge is 2.52. The maximum Gasteiger partial charge on any atom is 0.169 e. The van der Waals surface area contributed by atoms with Crippen molar-refractivity contribution in [2.45, 2.75) is 57.2 Å². The second kappa shape index (κ2) is 5.78. The first-order valence-corrected chi connectivity index (χ1v) is 8.86. The molecule has 4 aliphatic carbocycles. The molecule has 5 heteroatoms. The number of fused-ring (bicyclic) bond motifs is 2. The van der Waals surface area contributed by atoms with E-state index in [9.17, 15) is 14.4 Å². The molecule has 126 valence electrons. The number of ether oxygens (including phenoxy) is 2. The Bertz CT molecular complexity index is 478. The van der Waals surface area contributed by atoms with E-state index in [0.29, 0.717) is 66.7 Å². The second-order valence-electron chi connectivity index (χ2n) is 7.90. The molecule has 0 aromatic carbocycles. The van der Waals surface area contributed by atoms with Gasteiger partial charge in [-0.25, -0.2) is 0 Å². The van der Waals surface area contributed by atoms with E-state index in [0.717, 1.165) is 38.9 Å². The van der Waals surface area contributed by atoms with Crippen LogP contribution in [0.4, 0.5) is 0 Å². The molecule has 4 saturated carbocycles. The molecule has 0 N–H and O–H groups in total. The number of Topliss-reactive ketones (excluding diaryl/α,β-unsaturated/α-hetero) is 3. The SMILES string of the molecule is O=C1C[C@@H]2CC3(C[C@@H]2C1)OCCO3.O=C1C[C@H]2CC(=O)C[C@H]2C1. The van der Waals surface area contributed by atoms with Gasteiger partial charge in [0.1, 0.15) is 17.3 Å². The smallest absolute Gasteiger partial charge is 0.169 e. The van der Waals surface area contributed by atoms with Crippen LogP contribution in [0.1, 0.15) is 51.4 Å². The number of rotatable bonds is 0. The summed E-state index contributed by atoms with van der Waals surface area (Å²) in [5.74, 6) is 2.83. The van der Waals surface area contributed by atoms with Crippen molar-refractivity contribution in [1.82, 2.24) is 0 Å². The van der Waals surface area contributed by atoms with Crippen LogP contribution in [0.3, 0.4) is 0 Å². The quantitative estimate of drug-likeness (QED) is 0.683. The van der Waals surface area contributed by atoms with Gasteiger partial charge in [-0.05, 0) is 23.7 Å². The summed E-state index contributed by atoms with van der Waals surface area (Å²) in [6, 6.07) is 0. The molecule has 5 aliphatic rings. The van der Waals surface area contributed by atoms with Crippen LogP contribution in [0, 0.1) is 23.7 Å². The van der Waals surface area contributed by atoms with Gasteiger partial charge in [0.05, 0.1) is 13.2 Å². The van der Waals surface area contributed by atoms with Gasteiger partial charge in [0.15, 0.2) is 5.79 Å². The van der Waals surface area contributed by atoms with E-state index in [1.165, 1.54) is 0 Å². The molecular weight excluding hydrogens is 296 g/mol. The van der Waals surface area contributed by atoms with Crippen molar-refractivity contribution in [3.8, 4) is 0 Å². The zero-order chi connectivity index (χ0) is 16.0. The minimum atomic E-state index is -0.282.